The summed E-state index contributed by atoms with van der Waals surface area (Å²) in [5, 5.41) is 5.99. The van der Waals surface area contributed by atoms with Crippen molar-refractivity contribution in [3.8, 4) is 0 Å². The molecule has 1 aliphatic carbocycles. The minimum absolute atomic E-state index is 0.0241. The van der Waals surface area contributed by atoms with Crippen molar-refractivity contribution < 1.29 is 9.59 Å². The normalized spacial score (nSPS) is 20.8. The van der Waals surface area contributed by atoms with Gasteiger partial charge in [0, 0.05) is 24.1 Å². The van der Waals surface area contributed by atoms with Gasteiger partial charge in [-0.15, -0.1) is 0 Å². The van der Waals surface area contributed by atoms with E-state index in [1.54, 1.807) is 0 Å². The summed E-state index contributed by atoms with van der Waals surface area (Å²) >= 11 is 0. The molecule has 2 rings (SSSR count). The van der Waals surface area contributed by atoms with E-state index in [9.17, 15) is 9.59 Å². The topological polar surface area (TPSA) is 58.2 Å². The van der Waals surface area contributed by atoms with Crippen LogP contribution in [0.25, 0.3) is 0 Å². The number of hydrogen-bond acceptors (Lipinski definition) is 2. The van der Waals surface area contributed by atoms with E-state index in [-0.39, 0.29) is 23.7 Å². The number of nitrogens with one attached hydrogen (secondary N) is 2. The monoisotopic (exact) mass is 316 g/mol. The molecule has 2 amide bonds. The smallest absolute Gasteiger partial charge is 0.227 e. The van der Waals surface area contributed by atoms with Crippen molar-refractivity contribution in [2.75, 3.05) is 11.9 Å². The Hall–Kier alpha value is -1.84. The molecular weight excluding hydrogens is 288 g/mol. The first-order chi connectivity index (χ1) is 11.1. The minimum Gasteiger partial charge on any atom is -0.356 e. The van der Waals surface area contributed by atoms with E-state index in [2.05, 4.69) is 17.6 Å². The molecule has 1 aromatic rings. The fourth-order valence-electron chi connectivity index (χ4n) is 3.03. The summed E-state index contributed by atoms with van der Waals surface area (Å²) in [6, 6.07) is 7.85. The second kappa shape index (κ2) is 8.70. The van der Waals surface area contributed by atoms with Crippen molar-refractivity contribution in [3.05, 3.63) is 29.8 Å². The molecule has 1 fully saturated rings. The highest BCUT2D eigenvalue weighted by Gasteiger charge is 2.29. The molecule has 0 heterocycles. The van der Waals surface area contributed by atoms with E-state index in [1.165, 1.54) is 5.56 Å². The lowest BCUT2D eigenvalue weighted by Gasteiger charge is -2.27. The van der Waals surface area contributed by atoms with Crippen LogP contribution < -0.4 is 10.6 Å². The van der Waals surface area contributed by atoms with Crippen LogP contribution in [0.4, 0.5) is 5.69 Å². The second-order valence-electron chi connectivity index (χ2n) is 6.55. The van der Waals surface area contributed by atoms with E-state index in [1.807, 2.05) is 31.2 Å². The predicted molar refractivity (Wildman–Crippen MR) is 93.2 cm³/mol. The van der Waals surface area contributed by atoms with Gasteiger partial charge >= 0.3 is 0 Å². The van der Waals surface area contributed by atoms with Gasteiger partial charge < -0.3 is 10.6 Å². The lowest BCUT2D eigenvalue weighted by Crippen LogP contribution is -2.35. The molecule has 0 atom stereocenters. The van der Waals surface area contributed by atoms with Crippen molar-refractivity contribution in [2.24, 2.45) is 11.8 Å². The summed E-state index contributed by atoms with van der Waals surface area (Å²) in [7, 11) is 0. The van der Waals surface area contributed by atoms with Crippen LogP contribution >= 0.6 is 0 Å². The zero-order valence-electron chi connectivity index (χ0n) is 14.2. The summed E-state index contributed by atoms with van der Waals surface area (Å²) in [5.74, 6) is 0.348. The number of hydrogen-bond donors (Lipinski definition) is 2. The first kappa shape index (κ1) is 17.5. The lowest BCUT2D eigenvalue weighted by molar-refractivity contribution is -0.128. The third-order valence-corrected chi connectivity index (χ3v) is 4.62. The molecule has 4 nitrogen and oxygen atoms in total. The van der Waals surface area contributed by atoms with Gasteiger partial charge in [0.1, 0.15) is 0 Å². The molecule has 0 aromatic heterocycles. The Balaban J connectivity index is 1.76. The summed E-state index contributed by atoms with van der Waals surface area (Å²) in [5.41, 5.74) is 2.03. The molecule has 1 saturated carbocycles. The molecule has 4 heteroatoms. The Morgan fingerprint density at radius 1 is 1.00 bits per heavy atom. The van der Waals surface area contributed by atoms with Crippen molar-refractivity contribution in [1.29, 1.82) is 0 Å². The highest BCUT2D eigenvalue weighted by atomic mass is 16.2. The van der Waals surface area contributed by atoms with Crippen LogP contribution in [-0.2, 0) is 9.59 Å². The van der Waals surface area contributed by atoms with Gasteiger partial charge in [0.25, 0.3) is 0 Å². The fraction of sp³-hybridized carbons (Fsp3) is 0.579. The van der Waals surface area contributed by atoms with Crippen LogP contribution in [0, 0.1) is 18.8 Å². The Kier molecular flexibility index (Phi) is 6.63. The second-order valence-corrected chi connectivity index (χ2v) is 6.55. The molecule has 0 aliphatic heterocycles. The first-order valence-electron chi connectivity index (χ1n) is 8.75. The van der Waals surface area contributed by atoms with Crippen molar-refractivity contribution in [3.63, 3.8) is 0 Å². The quantitative estimate of drug-likeness (QED) is 0.787. The number of carbonyl (C=O) groups excluding carboxylic acids is 2. The molecule has 1 aliphatic rings. The molecule has 23 heavy (non-hydrogen) atoms. The number of rotatable bonds is 6. The third kappa shape index (κ3) is 5.38. The first-order valence-corrected chi connectivity index (χ1v) is 8.75. The van der Waals surface area contributed by atoms with Crippen molar-refractivity contribution in [2.45, 2.75) is 52.4 Å². The van der Waals surface area contributed by atoms with Gasteiger partial charge in [0.05, 0.1) is 0 Å². The molecule has 0 bridgehead atoms. The molecule has 2 N–H and O–H groups in total. The molecular formula is C19H28N2O2. The average Bonchev–Trinajstić information content (AvgIpc) is 2.57. The van der Waals surface area contributed by atoms with E-state index in [0.29, 0.717) is 0 Å². The summed E-state index contributed by atoms with van der Waals surface area (Å²) < 4.78 is 0. The van der Waals surface area contributed by atoms with E-state index >= 15 is 0 Å². The summed E-state index contributed by atoms with van der Waals surface area (Å²) in [6.07, 6.45) is 5.33. The SMILES string of the molecule is CCCCNC(=O)C1CCC(C(=O)Nc2ccc(C)cc2)CC1. The maximum absolute atomic E-state index is 12.3. The summed E-state index contributed by atoms with van der Waals surface area (Å²) in [6.45, 7) is 4.91. The summed E-state index contributed by atoms with van der Waals surface area (Å²) in [4.78, 5) is 24.4. The molecule has 0 saturated heterocycles. The molecule has 0 unspecified atom stereocenters. The van der Waals surface area contributed by atoms with Crippen LogP contribution in [0.15, 0.2) is 24.3 Å². The highest BCUT2D eigenvalue weighted by Crippen LogP contribution is 2.29. The van der Waals surface area contributed by atoms with E-state index in [4.69, 9.17) is 0 Å². The highest BCUT2D eigenvalue weighted by molar-refractivity contribution is 5.92. The maximum Gasteiger partial charge on any atom is 0.227 e. The number of benzene rings is 1. The Morgan fingerprint density at radius 3 is 2.13 bits per heavy atom. The van der Waals surface area contributed by atoms with Gasteiger partial charge in [-0.2, -0.15) is 0 Å². The molecule has 0 spiro atoms. The Morgan fingerprint density at radius 2 is 1.57 bits per heavy atom. The zero-order chi connectivity index (χ0) is 16.7. The fourth-order valence-corrected chi connectivity index (χ4v) is 3.03. The van der Waals surface area contributed by atoms with Crippen LogP contribution in [0.5, 0.6) is 0 Å². The molecule has 1 aromatic carbocycles. The number of unbranched alkanes of at least 4 members (excludes halogenated alkanes) is 1. The Bertz CT molecular complexity index is 517. The van der Waals surface area contributed by atoms with Gasteiger partial charge in [-0.3, -0.25) is 9.59 Å². The Labute approximate surface area is 139 Å². The van der Waals surface area contributed by atoms with Gasteiger partial charge in [0.2, 0.25) is 11.8 Å². The standard InChI is InChI=1S/C19H28N2O2/c1-3-4-13-20-18(22)15-7-9-16(10-8-15)19(23)21-17-11-5-14(2)6-12-17/h5-6,11-12,15-16H,3-4,7-10,13H2,1-2H3,(H,20,22)(H,21,23). The van der Waals surface area contributed by atoms with Crippen LogP contribution in [-0.4, -0.2) is 18.4 Å². The van der Waals surface area contributed by atoms with Crippen LogP contribution in [0.1, 0.15) is 51.0 Å². The molecule has 126 valence electrons. The van der Waals surface area contributed by atoms with Gasteiger partial charge in [-0.1, -0.05) is 31.0 Å². The van der Waals surface area contributed by atoms with Gasteiger partial charge in [-0.05, 0) is 51.2 Å². The van der Waals surface area contributed by atoms with E-state index in [0.717, 1.165) is 50.8 Å². The average molecular weight is 316 g/mol. The minimum atomic E-state index is 0.0241. The number of amides is 2. The van der Waals surface area contributed by atoms with Gasteiger partial charge in [0.15, 0.2) is 0 Å². The van der Waals surface area contributed by atoms with E-state index < -0.39 is 0 Å². The largest absolute Gasteiger partial charge is 0.356 e. The van der Waals surface area contributed by atoms with Gasteiger partial charge in [-0.25, -0.2) is 0 Å². The van der Waals surface area contributed by atoms with Crippen molar-refractivity contribution >= 4 is 17.5 Å². The number of carbonyl (C=O) groups is 2. The van der Waals surface area contributed by atoms with Crippen LogP contribution in [0.2, 0.25) is 0 Å². The predicted octanol–water partition coefficient (Wildman–Crippen LogP) is 3.66. The van der Waals surface area contributed by atoms with Crippen molar-refractivity contribution in [1.82, 2.24) is 5.32 Å². The third-order valence-electron chi connectivity index (χ3n) is 4.62. The molecule has 0 radical (unpaired) electrons. The lowest BCUT2D eigenvalue weighted by atomic mass is 9.81. The maximum atomic E-state index is 12.3. The number of anilines is 1. The van der Waals surface area contributed by atoms with Crippen LogP contribution in [0.3, 0.4) is 0 Å². The zero-order valence-corrected chi connectivity index (χ0v) is 14.2. The number of aryl methyl sites for hydroxylation is 1.